The van der Waals surface area contributed by atoms with Crippen LogP contribution in [-0.4, -0.2) is 5.54 Å². The summed E-state index contributed by atoms with van der Waals surface area (Å²) < 4.78 is 0. The molecule has 1 fully saturated rings. The van der Waals surface area contributed by atoms with Crippen molar-refractivity contribution in [3.63, 3.8) is 0 Å². The van der Waals surface area contributed by atoms with E-state index < -0.39 is 0 Å². The van der Waals surface area contributed by atoms with Gasteiger partial charge >= 0.3 is 0 Å². The molecular formula is C47H39N. The average Bonchev–Trinajstić information content (AvgIpc) is 3.34. The molecule has 1 heteroatoms. The third-order valence-electron chi connectivity index (χ3n) is 12.8. The van der Waals surface area contributed by atoms with Gasteiger partial charge in [0.25, 0.3) is 0 Å². The number of nitrogens with zero attached hydrogens (tertiary/aromatic N) is 1. The molecule has 0 bridgehead atoms. The lowest BCUT2D eigenvalue weighted by atomic mass is 9.57. The van der Waals surface area contributed by atoms with Crippen LogP contribution in [0.5, 0.6) is 0 Å². The van der Waals surface area contributed by atoms with Crippen LogP contribution in [0.4, 0.5) is 11.4 Å². The van der Waals surface area contributed by atoms with Crippen molar-refractivity contribution in [2.24, 2.45) is 5.92 Å². The van der Waals surface area contributed by atoms with Crippen molar-refractivity contribution in [1.29, 1.82) is 0 Å². The first-order valence-corrected chi connectivity index (χ1v) is 17.7. The molecule has 0 aromatic heterocycles. The number of hydrogen-bond donors (Lipinski definition) is 0. The molecule has 0 N–H and O–H groups in total. The molecule has 1 heterocycles. The number of para-hydroxylation sites is 1. The zero-order valence-corrected chi connectivity index (χ0v) is 27.9. The van der Waals surface area contributed by atoms with Crippen LogP contribution in [0.3, 0.4) is 0 Å². The Morgan fingerprint density at radius 1 is 0.562 bits per heavy atom. The maximum Gasteiger partial charge on any atom is 0.0543 e. The topological polar surface area (TPSA) is 3.24 Å². The molecule has 1 saturated carbocycles. The van der Waals surface area contributed by atoms with Crippen LogP contribution in [0.25, 0.3) is 65.3 Å². The van der Waals surface area contributed by atoms with Crippen LogP contribution in [0.1, 0.15) is 45.6 Å². The summed E-state index contributed by atoms with van der Waals surface area (Å²) >= 11 is 0. The highest BCUT2D eigenvalue weighted by Gasteiger charge is 2.60. The molecule has 2 aliphatic rings. The maximum absolute atomic E-state index is 2.69. The standard InChI is InChI=1S/C47H39N/c1-30-11-10-28-46(2)42-29-34(22-27-43(42)48(47(30,46)3)35-14-5-4-6-15-35)37-23-18-32-21-26-41-39(24-19-33-20-25-40(37)44(32)45(33)41)38-17-9-13-31-12-7-8-16-36(31)38/h4-9,12-27,29-30H,10-11,28H2,1-3H3. The van der Waals surface area contributed by atoms with E-state index in [-0.39, 0.29) is 11.0 Å². The normalized spacial score (nSPS) is 22.1. The van der Waals surface area contributed by atoms with E-state index in [1.165, 1.54) is 102 Å². The lowest BCUT2D eigenvalue weighted by molar-refractivity contribution is 0.130. The van der Waals surface area contributed by atoms with Gasteiger partial charge in [-0.2, -0.15) is 0 Å². The molecule has 0 radical (unpaired) electrons. The molecule has 8 aromatic carbocycles. The molecule has 1 nitrogen and oxygen atoms in total. The molecule has 1 aliphatic heterocycles. The minimum Gasteiger partial charge on any atom is -0.334 e. The Morgan fingerprint density at radius 2 is 1.21 bits per heavy atom. The van der Waals surface area contributed by atoms with E-state index in [1.807, 2.05) is 0 Å². The Balaban J connectivity index is 1.20. The van der Waals surface area contributed by atoms with E-state index in [9.17, 15) is 0 Å². The van der Waals surface area contributed by atoms with Crippen LogP contribution in [0.15, 0.2) is 140 Å². The van der Waals surface area contributed by atoms with E-state index in [0.29, 0.717) is 5.92 Å². The summed E-state index contributed by atoms with van der Waals surface area (Å²) in [7, 11) is 0. The van der Waals surface area contributed by atoms with Crippen molar-refractivity contribution >= 4 is 54.5 Å². The van der Waals surface area contributed by atoms with Crippen molar-refractivity contribution in [3.8, 4) is 22.3 Å². The van der Waals surface area contributed by atoms with E-state index >= 15 is 0 Å². The Morgan fingerprint density at radius 3 is 2.00 bits per heavy atom. The fraction of sp³-hybridized carbons (Fsp3) is 0.191. The average molecular weight is 618 g/mol. The summed E-state index contributed by atoms with van der Waals surface area (Å²) in [6, 6.07) is 52.7. The molecule has 0 amide bonds. The fourth-order valence-electron chi connectivity index (χ4n) is 10.0. The molecule has 3 unspecified atom stereocenters. The van der Waals surface area contributed by atoms with Crippen molar-refractivity contribution in [1.82, 2.24) is 0 Å². The van der Waals surface area contributed by atoms with E-state index in [1.54, 1.807) is 0 Å². The smallest absolute Gasteiger partial charge is 0.0543 e. The van der Waals surface area contributed by atoms with Gasteiger partial charge < -0.3 is 4.90 Å². The number of rotatable bonds is 3. The van der Waals surface area contributed by atoms with Gasteiger partial charge in [-0.05, 0) is 121 Å². The molecular weight excluding hydrogens is 579 g/mol. The number of benzene rings is 8. The predicted molar refractivity (Wildman–Crippen MR) is 206 cm³/mol. The van der Waals surface area contributed by atoms with E-state index in [2.05, 4.69) is 165 Å². The van der Waals surface area contributed by atoms with Gasteiger partial charge in [0.2, 0.25) is 0 Å². The second-order valence-corrected chi connectivity index (χ2v) is 14.9. The summed E-state index contributed by atoms with van der Waals surface area (Å²) in [6.07, 6.45) is 3.76. The third-order valence-corrected chi connectivity index (χ3v) is 12.8. The van der Waals surface area contributed by atoms with Crippen molar-refractivity contribution in [3.05, 3.63) is 145 Å². The summed E-state index contributed by atoms with van der Waals surface area (Å²) in [5, 5.41) is 10.6. The van der Waals surface area contributed by atoms with Crippen molar-refractivity contribution in [2.45, 2.75) is 51.0 Å². The van der Waals surface area contributed by atoms with Gasteiger partial charge in [-0.25, -0.2) is 0 Å². The zero-order chi connectivity index (χ0) is 32.2. The van der Waals surface area contributed by atoms with Gasteiger partial charge in [0.05, 0.1) is 5.54 Å². The first kappa shape index (κ1) is 27.9. The first-order chi connectivity index (χ1) is 23.5. The van der Waals surface area contributed by atoms with Gasteiger partial charge in [-0.1, -0.05) is 136 Å². The minimum absolute atomic E-state index is 0.00816. The second kappa shape index (κ2) is 9.94. The quantitative estimate of drug-likeness (QED) is 0.178. The van der Waals surface area contributed by atoms with Gasteiger partial charge in [-0.3, -0.25) is 0 Å². The van der Waals surface area contributed by atoms with Crippen LogP contribution >= 0.6 is 0 Å². The highest BCUT2D eigenvalue weighted by Crippen LogP contribution is 2.63. The molecule has 3 atom stereocenters. The molecule has 232 valence electrons. The predicted octanol–water partition coefficient (Wildman–Crippen LogP) is 13.1. The van der Waals surface area contributed by atoms with Gasteiger partial charge in [0, 0.05) is 16.8 Å². The highest BCUT2D eigenvalue weighted by atomic mass is 15.3. The van der Waals surface area contributed by atoms with Crippen LogP contribution in [0.2, 0.25) is 0 Å². The van der Waals surface area contributed by atoms with Crippen LogP contribution in [0, 0.1) is 5.92 Å². The minimum atomic E-state index is 0.00816. The van der Waals surface area contributed by atoms with Crippen molar-refractivity contribution in [2.75, 3.05) is 4.90 Å². The number of hydrogen-bond acceptors (Lipinski definition) is 1. The summed E-state index contributed by atoms with van der Waals surface area (Å²) in [4.78, 5) is 2.69. The molecule has 8 aromatic rings. The number of fused-ring (bicyclic) bond motifs is 4. The molecule has 1 aliphatic carbocycles. The lowest BCUT2D eigenvalue weighted by Gasteiger charge is -2.54. The largest absolute Gasteiger partial charge is 0.334 e. The Bertz CT molecular complexity index is 2540. The van der Waals surface area contributed by atoms with Crippen molar-refractivity contribution < 1.29 is 0 Å². The van der Waals surface area contributed by atoms with Crippen LogP contribution in [-0.2, 0) is 5.41 Å². The van der Waals surface area contributed by atoms with Gasteiger partial charge in [-0.15, -0.1) is 0 Å². The van der Waals surface area contributed by atoms with E-state index in [0.717, 1.165) is 0 Å². The summed E-state index contributed by atoms with van der Waals surface area (Å²) in [5.41, 5.74) is 9.48. The second-order valence-electron chi connectivity index (χ2n) is 14.9. The van der Waals surface area contributed by atoms with Gasteiger partial charge in [0.15, 0.2) is 0 Å². The highest BCUT2D eigenvalue weighted by molar-refractivity contribution is 6.28. The monoisotopic (exact) mass is 617 g/mol. The fourth-order valence-corrected chi connectivity index (χ4v) is 10.0. The lowest BCUT2D eigenvalue weighted by Crippen LogP contribution is -2.59. The zero-order valence-electron chi connectivity index (χ0n) is 27.9. The molecule has 48 heavy (non-hydrogen) atoms. The van der Waals surface area contributed by atoms with Crippen LogP contribution < -0.4 is 4.90 Å². The first-order valence-electron chi connectivity index (χ1n) is 17.7. The Kier molecular flexibility index (Phi) is 5.78. The molecule has 10 rings (SSSR count). The molecule has 0 saturated heterocycles. The third kappa shape index (κ3) is 3.57. The van der Waals surface area contributed by atoms with Gasteiger partial charge in [0.1, 0.15) is 0 Å². The van der Waals surface area contributed by atoms with E-state index in [4.69, 9.17) is 0 Å². The Labute approximate surface area is 282 Å². The Hall–Kier alpha value is -5.14. The molecule has 0 spiro atoms. The SMILES string of the molecule is CC1CCCC2(C)c3cc(-c4ccc5ccc6c(-c7cccc8ccccc78)ccc7ccc4c5c76)ccc3N(c3ccccc3)C12C. The summed E-state index contributed by atoms with van der Waals surface area (Å²) in [6.45, 7) is 7.56. The maximum atomic E-state index is 2.69. The summed E-state index contributed by atoms with van der Waals surface area (Å²) in [5.74, 6) is 0.581. The number of anilines is 2.